The van der Waals surface area contributed by atoms with E-state index in [1.165, 1.54) is 4.88 Å². The van der Waals surface area contributed by atoms with Crippen LogP contribution in [0.2, 0.25) is 0 Å². The lowest BCUT2D eigenvalue weighted by Crippen LogP contribution is -1.84. The summed E-state index contributed by atoms with van der Waals surface area (Å²) in [5.41, 5.74) is 3.98. The van der Waals surface area contributed by atoms with Gasteiger partial charge in [0.15, 0.2) is 5.06 Å². The lowest BCUT2D eigenvalue weighted by Gasteiger charge is -1.98. The van der Waals surface area contributed by atoms with Crippen LogP contribution in [0.3, 0.4) is 0 Å². The molecular formula is C15H15N3OS. The van der Waals surface area contributed by atoms with E-state index in [-0.39, 0.29) is 0 Å². The van der Waals surface area contributed by atoms with E-state index in [9.17, 15) is 0 Å². The van der Waals surface area contributed by atoms with Crippen LogP contribution < -0.4 is 4.74 Å². The normalized spacial score (nSPS) is 10.8. The monoisotopic (exact) mass is 285 g/mol. The van der Waals surface area contributed by atoms with E-state index in [4.69, 9.17) is 9.72 Å². The molecule has 3 rings (SSSR count). The minimum atomic E-state index is 0.836. The summed E-state index contributed by atoms with van der Waals surface area (Å²) in [7, 11) is 1.69. The first kappa shape index (κ1) is 12.9. The maximum Gasteiger partial charge on any atom is 0.184 e. The third-order valence-corrected chi connectivity index (χ3v) is 4.09. The number of hydrogen-bond donors (Lipinski definition) is 1. The van der Waals surface area contributed by atoms with Crippen LogP contribution in [0.25, 0.3) is 22.6 Å². The Bertz CT molecular complexity index is 731. The molecule has 0 fully saturated rings. The highest BCUT2D eigenvalue weighted by atomic mass is 32.1. The summed E-state index contributed by atoms with van der Waals surface area (Å²) in [5.74, 6) is 0.836. The van der Waals surface area contributed by atoms with Crippen molar-refractivity contribution in [2.45, 2.75) is 13.8 Å². The fourth-order valence-electron chi connectivity index (χ4n) is 2.18. The van der Waals surface area contributed by atoms with Crippen LogP contribution in [-0.2, 0) is 0 Å². The van der Waals surface area contributed by atoms with Crippen LogP contribution in [0.1, 0.15) is 10.6 Å². The molecule has 102 valence electrons. The molecule has 0 aliphatic carbocycles. The molecule has 0 aliphatic rings. The number of hydrogen-bond acceptors (Lipinski definition) is 4. The van der Waals surface area contributed by atoms with E-state index in [0.717, 1.165) is 33.4 Å². The van der Waals surface area contributed by atoms with Crippen molar-refractivity contribution in [3.8, 4) is 27.7 Å². The van der Waals surface area contributed by atoms with E-state index in [2.05, 4.69) is 23.0 Å². The van der Waals surface area contributed by atoms with Crippen molar-refractivity contribution in [3.63, 3.8) is 0 Å². The molecule has 0 radical (unpaired) electrons. The molecule has 0 spiro atoms. The summed E-state index contributed by atoms with van der Waals surface area (Å²) in [6.45, 7) is 4.08. The second-order valence-corrected chi connectivity index (χ2v) is 5.78. The first-order valence-corrected chi connectivity index (χ1v) is 7.12. The summed E-state index contributed by atoms with van der Waals surface area (Å²) in [5, 5.41) is 0.883. The number of imidazole rings is 1. The summed E-state index contributed by atoms with van der Waals surface area (Å²) in [4.78, 5) is 13.4. The van der Waals surface area contributed by atoms with E-state index in [1.807, 2.05) is 25.3 Å². The fourth-order valence-corrected chi connectivity index (χ4v) is 3.00. The molecule has 0 saturated heterocycles. The van der Waals surface area contributed by atoms with Gasteiger partial charge in [0.25, 0.3) is 0 Å². The third kappa shape index (κ3) is 2.20. The van der Waals surface area contributed by atoms with Crippen molar-refractivity contribution in [1.82, 2.24) is 15.0 Å². The standard InChI is InChI=1S/C15H15N3OS/c1-9-7-12(15(19-3)20-9)14-17-10(2)13(18-14)11-5-4-6-16-8-11/h4-8H,1-3H3,(H,17,18). The average molecular weight is 285 g/mol. The van der Waals surface area contributed by atoms with Gasteiger partial charge in [0.2, 0.25) is 0 Å². The fraction of sp³-hybridized carbons (Fsp3) is 0.200. The minimum absolute atomic E-state index is 0.836. The van der Waals surface area contributed by atoms with E-state index in [1.54, 1.807) is 24.6 Å². The van der Waals surface area contributed by atoms with Gasteiger partial charge in [-0.05, 0) is 32.0 Å². The van der Waals surface area contributed by atoms with Crippen LogP contribution in [0, 0.1) is 13.8 Å². The Balaban J connectivity index is 2.09. The van der Waals surface area contributed by atoms with Crippen LogP contribution in [-0.4, -0.2) is 22.1 Å². The number of nitrogens with one attached hydrogen (secondary N) is 1. The summed E-state index contributed by atoms with van der Waals surface area (Å²) in [6, 6.07) is 6.02. The molecule has 1 N–H and O–H groups in total. The Morgan fingerprint density at radius 1 is 1.30 bits per heavy atom. The smallest absolute Gasteiger partial charge is 0.184 e. The number of H-pyrrole nitrogens is 1. The van der Waals surface area contributed by atoms with Gasteiger partial charge in [-0.1, -0.05) is 0 Å². The number of ether oxygens (including phenoxy) is 1. The second kappa shape index (κ2) is 5.09. The highest BCUT2D eigenvalue weighted by molar-refractivity contribution is 7.14. The first-order valence-electron chi connectivity index (χ1n) is 6.31. The molecule has 20 heavy (non-hydrogen) atoms. The lowest BCUT2D eigenvalue weighted by molar-refractivity contribution is 0.428. The topological polar surface area (TPSA) is 50.8 Å². The SMILES string of the molecule is COc1sc(C)cc1-c1nc(-c2cccnc2)c(C)[nH]1. The third-order valence-electron chi connectivity index (χ3n) is 3.08. The molecule has 0 amide bonds. The van der Waals surface area contributed by atoms with Crippen molar-refractivity contribution < 1.29 is 4.74 Å². The van der Waals surface area contributed by atoms with Gasteiger partial charge < -0.3 is 9.72 Å². The van der Waals surface area contributed by atoms with Crippen molar-refractivity contribution in [2.75, 3.05) is 7.11 Å². The molecule has 0 atom stereocenters. The number of thiophene rings is 1. The van der Waals surface area contributed by atoms with Crippen molar-refractivity contribution in [3.05, 3.63) is 41.2 Å². The summed E-state index contributed by atoms with van der Waals surface area (Å²) >= 11 is 1.63. The highest BCUT2D eigenvalue weighted by Gasteiger charge is 2.16. The molecule has 4 nitrogen and oxygen atoms in total. The molecule has 3 aromatic rings. The Kier molecular flexibility index (Phi) is 3.28. The van der Waals surface area contributed by atoms with Crippen LogP contribution in [0.4, 0.5) is 0 Å². The Hall–Kier alpha value is -2.14. The molecule has 0 saturated carbocycles. The zero-order valence-corrected chi connectivity index (χ0v) is 12.4. The molecule has 0 unspecified atom stereocenters. The van der Waals surface area contributed by atoms with Gasteiger partial charge in [0.1, 0.15) is 5.82 Å². The maximum absolute atomic E-state index is 5.42. The molecule has 5 heteroatoms. The van der Waals surface area contributed by atoms with Crippen LogP contribution in [0.15, 0.2) is 30.6 Å². The van der Waals surface area contributed by atoms with Gasteiger partial charge in [-0.15, -0.1) is 11.3 Å². The second-order valence-electron chi connectivity index (χ2n) is 4.56. The van der Waals surface area contributed by atoms with E-state index >= 15 is 0 Å². The van der Waals surface area contributed by atoms with Crippen molar-refractivity contribution in [1.29, 1.82) is 0 Å². The number of aromatic amines is 1. The quantitative estimate of drug-likeness (QED) is 0.795. The van der Waals surface area contributed by atoms with Gasteiger partial charge in [0, 0.05) is 28.5 Å². The number of methoxy groups -OCH3 is 1. The average Bonchev–Trinajstić information content (AvgIpc) is 3.02. The van der Waals surface area contributed by atoms with E-state index in [0.29, 0.717) is 0 Å². The number of aromatic nitrogens is 3. The maximum atomic E-state index is 5.42. The number of pyridine rings is 1. The van der Waals surface area contributed by atoms with Crippen LogP contribution >= 0.6 is 11.3 Å². The zero-order valence-electron chi connectivity index (χ0n) is 11.6. The van der Waals surface area contributed by atoms with Gasteiger partial charge >= 0.3 is 0 Å². The first-order chi connectivity index (χ1) is 9.69. The van der Waals surface area contributed by atoms with Gasteiger partial charge in [0.05, 0.1) is 18.4 Å². The van der Waals surface area contributed by atoms with Gasteiger partial charge in [-0.25, -0.2) is 4.98 Å². The summed E-state index contributed by atoms with van der Waals surface area (Å²) < 4.78 is 5.42. The molecular weight excluding hydrogens is 270 g/mol. The largest absolute Gasteiger partial charge is 0.487 e. The van der Waals surface area contributed by atoms with Gasteiger partial charge in [-0.2, -0.15) is 0 Å². The minimum Gasteiger partial charge on any atom is -0.487 e. The predicted molar refractivity (Wildman–Crippen MR) is 81.2 cm³/mol. The molecule has 3 aromatic heterocycles. The number of rotatable bonds is 3. The Morgan fingerprint density at radius 2 is 2.15 bits per heavy atom. The number of aryl methyl sites for hydroxylation is 2. The van der Waals surface area contributed by atoms with E-state index < -0.39 is 0 Å². The molecule has 0 aliphatic heterocycles. The van der Waals surface area contributed by atoms with Crippen LogP contribution in [0.5, 0.6) is 5.06 Å². The van der Waals surface area contributed by atoms with Crippen molar-refractivity contribution >= 4 is 11.3 Å². The molecule has 3 heterocycles. The Labute approximate surface area is 121 Å². The number of nitrogens with zero attached hydrogens (tertiary/aromatic N) is 2. The lowest BCUT2D eigenvalue weighted by atomic mass is 10.2. The predicted octanol–water partition coefficient (Wildman–Crippen LogP) is 3.83. The summed E-state index contributed by atoms with van der Waals surface area (Å²) in [6.07, 6.45) is 3.58. The highest BCUT2D eigenvalue weighted by Crippen LogP contribution is 2.37. The Morgan fingerprint density at radius 3 is 2.85 bits per heavy atom. The molecule has 0 bridgehead atoms. The van der Waals surface area contributed by atoms with Gasteiger partial charge in [-0.3, -0.25) is 4.98 Å². The zero-order chi connectivity index (χ0) is 14.1. The van der Waals surface area contributed by atoms with Crippen molar-refractivity contribution in [2.24, 2.45) is 0 Å². The molecule has 0 aromatic carbocycles.